The Labute approximate surface area is 150 Å². The van der Waals surface area contributed by atoms with Crippen LogP contribution < -0.4 is 0 Å². The maximum absolute atomic E-state index is 14.6. The Kier molecular flexibility index (Phi) is 5.64. The van der Waals surface area contributed by atoms with Gasteiger partial charge in [-0.1, -0.05) is 38.5 Å². The molecule has 0 amide bonds. The van der Waals surface area contributed by atoms with Gasteiger partial charge in [-0.15, -0.1) is 0 Å². The fourth-order valence-corrected chi connectivity index (χ4v) is 4.56. The van der Waals surface area contributed by atoms with Crippen LogP contribution in [0.25, 0.3) is 0 Å². The first-order valence-corrected chi connectivity index (χ1v) is 11.9. The van der Waals surface area contributed by atoms with E-state index in [4.69, 9.17) is 4.43 Å². The Bertz CT molecular complexity index is 588. The van der Waals surface area contributed by atoms with Gasteiger partial charge in [-0.05, 0) is 49.9 Å². The second kappa shape index (κ2) is 6.95. The summed E-state index contributed by atoms with van der Waals surface area (Å²) in [4.78, 5) is 11.8. The van der Waals surface area contributed by atoms with Crippen LogP contribution in [0.2, 0.25) is 18.1 Å². The van der Waals surface area contributed by atoms with Crippen molar-refractivity contribution in [1.82, 2.24) is 0 Å². The predicted molar refractivity (Wildman–Crippen MR) is 97.2 cm³/mol. The van der Waals surface area contributed by atoms with Crippen molar-refractivity contribution in [2.24, 2.45) is 5.92 Å². The Hall–Kier alpha value is -1.01. The molecule has 0 heterocycles. The highest BCUT2D eigenvalue weighted by Crippen LogP contribution is 2.47. The van der Waals surface area contributed by atoms with Gasteiger partial charge < -0.3 is 9.16 Å². The van der Waals surface area contributed by atoms with E-state index >= 15 is 0 Å². The maximum atomic E-state index is 14.6. The van der Waals surface area contributed by atoms with E-state index in [0.29, 0.717) is 18.4 Å². The van der Waals surface area contributed by atoms with Gasteiger partial charge >= 0.3 is 11.9 Å². The summed E-state index contributed by atoms with van der Waals surface area (Å²) in [6.45, 7) is 12.3. The van der Waals surface area contributed by atoms with Crippen molar-refractivity contribution in [3.63, 3.8) is 0 Å². The molecule has 0 aromatic rings. The monoisotopic (exact) mass is 372 g/mol. The van der Waals surface area contributed by atoms with Crippen LogP contribution >= 0.6 is 0 Å². The van der Waals surface area contributed by atoms with Crippen molar-refractivity contribution in [1.29, 1.82) is 0 Å². The summed E-state index contributed by atoms with van der Waals surface area (Å²) >= 11 is 0. The molecule has 0 aromatic heterocycles. The minimum Gasteiger partial charge on any atom is -0.462 e. The molecule has 0 N–H and O–H groups in total. The van der Waals surface area contributed by atoms with E-state index in [0.717, 1.165) is 5.57 Å². The molecular formula is C19H30F2O3Si. The summed E-state index contributed by atoms with van der Waals surface area (Å²) in [5.74, 6) is -6.02. The van der Waals surface area contributed by atoms with E-state index in [-0.39, 0.29) is 24.2 Å². The lowest BCUT2D eigenvalue weighted by atomic mass is 9.83. The average Bonchev–Trinajstić information content (AvgIpc) is 2.88. The first-order valence-electron chi connectivity index (χ1n) is 9.04. The second-order valence-electron chi connectivity index (χ2n) is 8.42. The highest BCUT2D eigenvalue weighted by Gasteiger charge is 2.52. The fourth-order valence-electron chi connectivity index (χ4n) is 3.25. The van der Waals surface area contributed by atoms with Crippen LogP contribution in [0, 0.1) is 5.92 Å². The Balaban J connectivity index is 2.26. The van der Waals surface area contributed by atoms with Gasteiger partial charge in [-0.2, -0.15) is 8.78 Å². The van der Waals surface area contributed by atoms with Crippen LogP contribution in [-0.2, 0) is 14.0 Å². The average molecular weight is 373 g/mol. The molecule has 0 saturated carbocycles. The standard InChI is InChI=1S/C19H30F2O3Si/c1-7-23-17(22)19(20,21)15-10-8-9-14-13(15)11-12-16(14)24-25(5,6)18(2,3)4/h8-9,15-16H,7,10-12H2,1-6H3/t15?,16-/m0/s1. The first-order chi connectivity index (χ1) is 11.4. The molecule has 2 atom stereocenters. The molecule has 0 saturated heterocycles. The third kappa shape index (κ3) is 3.89. The molecule has 1 unspecified atom stereocenters. The number of carbonyl (C=O) groups excluding carboxylic acids is 1. The summed E-state index contributed by atoms with van der Waals surface area (Å²) in [6.07, 6.45) is 4.93. The van der Waals surface area contributed by atoms with E-state index in [9.17, 15) is 13.6 Å². The molecule has 0 spiro atoms. The number of alkyl halides is 2. The minimum absolute atomic E-state index is 0.0417. The lowest BCUT2D eigenvalue weighted by Gasteiger charge is -2.39. The van der Waals surface area contributed by atoms with E-state index in [2.05, 4.69) is 38.6 Å². The summed E-state index contributed by atoms with van der Waals surface area (Å²) in [6, 6.07) is 0. The number of rotatable bonds is 5. The number of hydrogen-bond acceptors (Lipinski definition) is 3. The van der Waals surface area contributed by atoms with E-state index in [1.807, 2.05) is 6.08 Å². The third-order valence-electron chi connectivity index (χ3n) is 5.71. The molecular weight excluding hydrogens is 342 g/mol. The van der Waals surface area contributed by atoms with Gasteiger partial charge in [0.15, 0.2) is 8.32 Å². The molecule has 0 aromatic carbocycles. The highest BCUT2D eigenvalue weighted by molar-refractivity contribution is 6.74. The predicted octanol–water partition coefficient (Wildman–Crippen LogP) is 5.24. The summed E-state index contributed by atoms with van der Waals surface area (Å²) < 4.78 is 40.3. The van der Waals surface area contributed by atoms with Crippen LogP contribution in [0.1, 0.15) is 47.0 Å². The molecule has 142 valence electrons. The number of allylic oxidation sites excluding steroid dienone is 2. The van der Waals surface area contributed by atoms with Crippen molar-refractivity contribution in [2.75, 3.05) is 6.61 Å². The molecule has 2 aliphatic carbocycles. The van der Waals surface area contributed by atoms with Gasteiger partial charge in [0.2, 0.25) is 0 Å². The second-order valence-corrected chi connectivity index (χ2v) is 13.2. The number of esters is 1. The summed E-state index contributed by atoms with van der Waals surface area (Å²) in [7, 11) is -2.00. The zero-order valence-corrected chi connectivity index (χ0v) is 17.1. The van der Waals surface area contributed by atoms with Gasteiger partial charge in [-0.3, -0.25) is 0 Å². The number of ether oxygens (including phenoxy) is 1. The summed E-state index contributed by atoms with van der Waals surface area (Å²) in [5.41, 5.74) is 1.52. The van der Waals surface area contributed by atoms with Gasteiger partial charge in [0.05, 0.1) is 18.6 Å². The van der Waals surface area contributed by atoms with Crippen molar-refractivity contribution in [3.05, 3.63) is 23.3 Å². The van der Waals surface area contributed by atoms with Gasteiger partial charge in [0, 0.05) is 0 Å². The van der Waals surface area contributed by atoms with Gasteiger partial charge in [0.25, 0.3) is 0 Å². The van der Waals surface area contributed by atoms with Crippen molar-refractivity contribution < 1.29 is 22.7 Å². The van der Waals surface area contributed by atoms with Crippen molar-refractivity contribution in [2.45, 2.75) is 77.1 Å². The van der Waals surface area contributed by atoms with Crippen molar-refractivity contribution in [3.8, 4) is 0 Å². The first kappa shape index (κ1) is 20.3. The van der Waals surface area contributed by atoms with Crippen molar-refractivity contribution >= 4 is 14.3 Å². The number of halogens is 2. The molecule has 0 bridgehead atoms. The van der Waals surface area contributed by atoms with Crippen LogP contribution in [0.5, 0.6) is 0 Å². The van der Waals surface area contributed by atoms with E-state index in [1.165, 1.54) is 6.92 Å². The molecule has 3 nitrogen and oxygen atoms in total. The molecule has 25 heavy (non-hydrogen) atoms. The van der Waals surface area contributed by atoms with E-state index in [1.54, 1.807) is 6.08 Å². The smallest absolute Gasteiger partial charge is 0.377 e. The van der Waals surface area contributed by atoms with Crippen LogP contribution in [0.3, 0.4) is 0 Å². The third-order valence-corrected chi connectivity index (χ3v) is 10.2. The van der Waals surface area contributed by atoms with Gasteiger partial charge in [0.1, 0.15) is 0 Å². The Morgan fingerprint density at radius 1 is 1.32 bits per heavy atom. The van der Waals surface area contributed by atoms with Crippen LogP contribution in [0.15, 0.2) is 23.3 Å². The zero-order valence-electron chi connectivity index (χ0n) is 16.1. The Morgan fingerprint density at radius 2 is 1.96 bits per heavy atom. The lowest BCUT2D eigenvalue weighted by molar-refractivity contribution is -0.177. The normalized spacial score (nSPS) is 24.5. The fraction of sp³-hybridized carbons (Fsp3) is 0.737. The minimum atomic E-state index is -3.49. The molecule has 6 heteroatoms. The number of carbonyl (C=O) groups is 1. The largest absolute Gasteiger partial charge is 0.462 e. The molecule has 0 aliphatic heterocycles. The molecule has 2 rings (SSSR count). The quantitative estimate of drug-likeness (QED) is 0.489. The SMILES string of the molecule is CCOC(=O)C(F)(F)C1CC=CC2=C1CC[C@@H]2O[Si](C)(C)C(C)(C)C. The van der Waals surface area contributed by atoms with Crippen LogP contribution in [0.4, 0.5) is 8.78 Å². The van der Waals surface area contributed by atoms with Gasteiger partial charge in [-0.25, -0.2) is 4.79 Å². The van der Waals surface area contributed by atoms with Crippen LogP contribution in [-0.4, -0.2) is 32.9 Å². The summed E-state index contributed by atoms with van der Waals surface area (Å²) in [5, 5.41) is 0.0585. The molecule has 0 fully saturated rings. The topological polar surface area (TPSA) is 35.5 Å². The molecule has 2 aliphatic rings. The highest BCUT2D eigenvalue weighted by atomic mass is 28.4. The molecule has 0 radical (unpaired) electrons. The zero-order chi connectivity index (χ0) is 19.0. The van der Waals surface area contributed by atoms with E-state index < -0.39 is 26.1 Å². The number of hydrogen-bond donors (Lipinski definition) is 0. The maximum Gasteiger partial charge on any atom is 0.377 e. The Morgan fingerprint density at radius 3 is 2.52 bits per heavy atom. The lowest BCUT2D eigenvalue weighted by Crippen LogP contribution is -2.44.